The minimum atomic E-state index is -0.366. The zero-order valence-corrected chi connectivity index (χ0v) is 4.69. The molecule has 0 radical (unpaired) electrons. The molecular formula is C4H9LiO. The van der Waals surface area contributed by atoms with Crippen LogP contribution in [-0.4, -0.2) is 6.10 Å². The van der Waals surface area contributed by atoms with Crippen LogP contribution in [0, 0.1) is 0 Å². The summed E-state index contributed by atoms with van der Waals surface area (Å²) in [5, 5.41) is 9.90. The summed E-state index contributed by atoms with van der Waals surface area (Å²) in [7, 11) is 0. The SMILES string of the molecule is CCC(C)[O-].[Li+]. The van der Waals surface area contributed by atoms with Crippen molar-refractivity contribution in [2.24, 2.45) is 0 Å². The van der Waals surface area contributed by atoms with Crippen LogP contribution in [0.25, 0.3) is 0 Å². The molecule has 0 saturated carbocycles. The van der Waals surface area contributed by atoms with Gasteiger partial charge in [0.2, 0.25) is 0 Å². The first-order valence-corrected chi connectivity index (χ1v) is 1.93. The Kier molecular flexibility index (Phi) is 9.03. The van der Waals surface area contributed by atoms with Gasteiger partial charge in [-0.3, -0.25) is 0 Å². The molecule has 1 unspecified atom stereocenters. The molecule has 0 aromatic carbocycles. The van der Waals surface area contributed by atoms with Gasteiger partial charge < -0.3 is 5.11 Å². The van der Waals surface area contributed by atoms with Crippen molar-refractivity contribution in [1.82, 2.24) is 0 Å². The Morgan fingerprint density at radius 3 is 1.83 bits per heavy atom. The van der Waals surface area contributed by atoms with E-state index in [2.05, 4.69) is 0 Å². The summed E-state index contributed by atoms with van der Waals surface area (Å²) in [6.07, 6.45) is 0.384. The van der Waals surface area contributed by atoms with Gasteiger partial charge in [-0.1, -0.05) is 20.3 Å². The van der Waals surface area contributed by atoms with Crippen molar-refractivity contribution in [3.05, 3.63) is 0 Å². The first-order chi connectivity index (χ1) is 2.27. The summed E-state index contributed by atoms with van der Waals surface area (Å²) in [6.45, 7) is 3.55. The Bertz CT molecular complexity index is 21.5. The van der Waals surface area contributed by atoms with Gasteiger partial charge in [0.1, 0.15) is 0 Å². The van der Waals surface area contributed by atoms with E-state index in [1.807, 2.05) is 6.92 Å². The minimum Gasteiger partial charge on any atom is -0.852 e. The fourth-order valence-corrected chi connectivity index (χ4v) is 0. The van der Waals surface area contributed by atoms with Crippen molar-refractivity contribution < 1.29 is 24.0 Å². The molecule has 0 rings (SSSR count). The molecule has 0 N–H and O–H groups in total. The molecule has 6 heavy (non-hydrogen) atoms. The zero-order chi connectivity index (χ0) is 4.28. The third-order valence-corrected chi connectivity index (χ3v) is 0.575. The molecule has 0 aliphatic rings. The smallest absolute Gasteiger partial charge is 0.852 e. The molecule has 0 spiro atoms. The van der Waals surface area contributed by atoms with E-state index in [9.17, 15) is 5.11 Å². The van der Waals surface area contributed by atoms with E-state index in [4.69, 9.17) is 0 Å². The monoisotopic (exact) mass is 80.1 g/mol. The standard InChI is InChI=1S/C4H9O.Li/c1-3-4(2)5;/h4H,3H2,1-2H3;/q-1;+1. The van der Waals surface area contributed by atoms with E-state index < -0.39 is 0 Å². The van der Waals surface area contributed by atoms with E-state index in [1.165, 1.54) is 0 Å². The predicted octanol–water partition coefficient (Wildman–Crippen LogP) is -2.85. The van der Waals surface area contributed by atoms with Crippen molar-refractivity contribution in [1.29, 1.82) is 0 Å². The van der Waals surface area contributed by atoms with E-state index in [1.54, 1.807) is 6.92 Å². The molecule has 1 atom stereocenters. The second-order valence-corrected chi connectivity index (χ2v) is 1.22. The normalized spacial score (nSPS) is 12.5. The third kappa shape index (κ3) is 8.82. The molecule has 0 amide bonds. The molecule has 0 saturated heterocycles. The first kappa shape index (κ1) is 9.75. The average molecular weight is 80.1 g/mol. The molecule has 0 heterocycles. The maximum absolute atomic E-state index is 9.90. The summed E-state index contributed by atoms with van der Waals surface area (Å²) in [6, 6.07) is 0. The zero-order valence-electron chi connectivity index (χ0n) is 4.69. The molecule has 0 fully saturated rings. The van der Waals surface area contributed by atoms with Crippen LogP contribution in [0.3, 0.4) is 0 Å². The summed E-state index contributed by atoms with van der Waals surface area (Å²) in [5.74, 6) is 0. The molecule has 0 bridgehead atoms. The van der Waals surface area contributed by atoms with Crippen molar-refractivity contribution in [3.8, 4) is 0 Å². The van der Waals surface area contributed by atoms with E-state index in [-0.39, 0.29) is 25.0 Å². The number of hydrogen-bond donors (Lipinski definition) is 0. The van der Waals surface area contributed by atoms with Crippen LogP contribution in [0.4, 0.5) is 0 Å². The quantitative estimate of drug-likeness (QED) is 0.311. The van der Waals surface area contributed by atoms with Gasteiger partial charge in [0.05, 0.1) is 0 Å². The summed E-state index contributed by atoms with van der Waals surface area (Å²) in [5.41, 5.74) is 0. The predicted molar refractivity (Wildman–Crippen MR) is 19.8 cm³/mol. The molecule has 0 aliphatic heterocycles. The van der Waals surface area contributed by atoms with E-state index in [0.29, 0.717) is 0 Å². The van der Waals surface area contributed by atoms with Gasteiger partial charge in [0.15, 0.2) is 0 Å². The van der Waals surface area contributed by atoms with E-state index in [0.717, 1.165) is 6.42 Å². The second-order valence-electron chi connectivity index (χ2n) is 1.22. The van der Waals surface area contributed by atoms with Crippen LogP contribution >= 0.6 is 0 Å². The minimum absolute atomic E-state index is 0. The first-order valence-electron chi connectivity index (χ1n) is 1.93. The summed E-state index contributed by atoms with van der Waals surface area (Å²) in [4.78, 5) is 0. The maximum atomic E-state index is 9.90. The Labute approximate surface area is 50.9 Å². The Hall–Kier alpha value is 0.557. The van der Waals surface area contributed by atoms with Crippen LogP contribution in [0.5, 0.6) is 0 Å². The van der Waals surface area contributed by atoms with Crippen molar-refractivity contribution in [2.45, 2.75) is 26.4 Å². The van der Waals surface area contributed by atoms with Crippen molar-refractivity contribution >= 4 is 0 Å². The van der Waals surface area contributed by atoms with Crippen molar-refractivity contribution in [3.63, 3.8) is 0 Å². The van der Waals surface area contributed by atoms with Gasteiger partial charge in [-0.25, -0.2) is 0 Å². The van der Waals surface area contributed by atoms with Gasteiger partial charge in [-0.15, -0.1) is 6.10 Å². The molecule has 0 aromatic rings. The molecule has 2 heteroatoms. The number of rotatable bonds is 1. The Morgan fingerprint density at radius 2 is 1.83 bits per heavy atom. The van der Waals surface area contributed by atoms with Gasteiger partial charge in [-0.2, -0.15) is 0 Å². The topological polar surface area (TPSA) is 23.1 Å². The maximum Gasteiger partial charge on any atom is 1.00 e. The Balaban J connectivity index is 0. The average Bonchev–Trinajstić information content (AvgIpc) is 1.38. The van der Waals surface area contributed by atoms with Crippen LogP contribution in [0.15, 0.2) is 0 Å². The third-order valence-electron chi connectivity index (χ3n) is 0.575. The molecule has 0 aromatic heterocycles. The fraction of sp³-hybridized carbons (Fsp3) is 1.00. The molecular weight excluding hydrogens is 71.0 g/mol. The van der Waals surface area contributed by atoms with Crippen LogP contribution in [-0.2, 0) is 0 Å². The fourth-order valence-electron chi connectivity index (χ4n) is 0. The largest absolute Gasteiger partial charge is 1.00 e. The van der Waals surface area contributed by atoms with Gasteiger partial charge >= 0.3 is 18.9 Å². The summed E-state index contributed by atoms with van der Waals surface area (Å²) < 4.78 is 0. The molecule has 0 aliphatic carbocycles. The molecule has 32 valence electrons. The van der Waals surface area contributed by atoms with Crippen LogP contribution in [0.2, 0.25) is 0 Å². The van der Waals surface area contributed by atoms with Gasteiger partial charge in [0, 0.05) is 0 Å². The molecule has 1 nitrogen and oxygen atoms in total. The van der Waals surface area contributed by atoms with Crippen LogP contribution < -0.4 is 24.0 Å². The van der Waals surface area contributed by atoms with Crippen LogP contribution in [0.1, 0.15) is 20.3 Å². The second kappa shape index (κ2) is 5.56. The van der Waals surface area contributed by atoms with Crippen molar-refractivity contribution in [2.75, 3.05) is 0 Å². The van der Waals surface area contributed by atoms with E-state index >= 15 is 0 Å². The van der Waals surface area contributed by atoms with Gasteiger partial charge in [0.25, 0.3) is 0 Å². The summed E-state index contributed by atoms with van der Waals surface area (Å²) >= 11 is 0. The Morgan fingerprint density at radius 1 is 1.67 bits per heavy atom. The number of hydrogen-bond acceptors (Lipinski definition) is 1. The van der Waals surface area contributed by atoms with Gasteiger partial charge in [-0.05, 0) is 0 Å².